The van der Waals surface area contributed by atoms with Crippen LogP contribution < -0.4 is 9.47 Å². The smallest absolute Gasteiger partial charge is 0.271 e. The SMILES string of the molecule is COc1cc2c(cc1OC)C1=NC(=O)[C@H](Cc3ccccc3)N1C(SC/C=C/c1ccccc1)=N2. The van der Waals surface area contributed by atoms with Crippen LogP contribution in [0.5, 0.6) is 11.5 Å². The number of carbonyl (C=O) groups is 1. The van der Waals surface area contributed by atoms with E-state index < -0.39 is 6.04 Å². The second-order valence-corrected chi connectivity index (χ2v) is 9.08. The van der Waals surface area contributed by atoms with Gasteiger partial charge in [0, 0.05) is 23.8 Å². The highest BCUT2D eigenvalue weighted by molar-refractivity contribution is 8.14. The van der Waals surface area contributed by atoms with Crippen LogP contribution in [0.15, 0.2) is 88.9 Å². The van der Waals surface area contributed by atoms with Gasteiger partial charge in [-0.15, -0.1) is 0 Å². The maximum absolute atomic E-state index is 13.1. The summed E-state index contributed by atoms with van der Waals surface area (Å²) in [6.45, 7) is 0. The van der Waals surface area contributed by atoms with E-state index in [-0.39, 0.29) is 5.91 Å². The zero-order chi connectivity index (χ0) is 24.2. The lowest BCUT2D eigenvalue weighted by molar-refractivity contribution is -0.119. The Labute approximate surface area is 209 Å². The Morgan fingerprint density at radius 3 is 2.34 bits per heavy atom. The number of aliphatic imine (C=N–C) groups is 2. The van der Waals surface area contributed by atoms with Crippen molar-refractivity contribution in [1.29, 1.82) is 0 Å². The second kappa shape index (κ2) is 10.2. The molecule has 6 nitrogen and oxygen atoms in total. The molecule has 1 amide bonds. The van der Waals surface area contributed by atoms with E-state index in [1.165, 1.54) is 0 Å². The predicted molar refractivity (Wildman–Crippen MR) is 142 cm³/mol. The van der Waals surface area contributed by atoms with Crippen molar-refractivity contribution in [2.75, 3.05) is 20.0 Å². The number of methoxy groups -OCH3 is 2. The van der Waals surface area contributed by atoms with Crippen molar-refractivity contribution in [3.8, 4) is 11.5 Å². The topological polar surface area (TPSA) is 63.5 Å². The fourth-order valence-corrected chi connectivity index (χ4v) is 5.05. The first-order valence-corrected chi connectivity index (χ1v) is 12.3. The minimum absolute atomic E-state index is 0.167. The minimum Gasteiger partial charge on any atom is -0.493 e. The summed E-state index contributed by atoms with van der Waals surface area (Å²) in [6.07, 6.45) is 4.74. The first kappa shape index (κ1) is 22.9. The number of carbonyl (C=O) groups excluding carboxylic acids is 1. The number of amidine groups is 2. The number of amides is 1. The summed E-state index contributed by atoms with van der Waals surface area (Å²) in [5, 5.41) is 0.743. The summed E-state index contributed by atoms with van der Waals surface area (Å²) in [6, 6.07) is 23.4. The molecule has 0 unspecified atom stereocenters. The molecular weight excluding hydrogens is 458 g/mol. The molecule has 3 aromatic rings. The third-order valence-electron chi connectivity index (χ3n) is 5.90. The van der Waals surface area contributed by atoms with Crippen LogP contribution in [0.3, 0.4) is 0 Å². The molecule has 0 spiro atoms. The van der Waals surface area contributed by atoms with E-state index in [1.807, 2.05) is 65.6 Å². The highest BCUT2D eigenvalue weighted by atomic mass is 32.2. The Balaban J connectivity index is 1.49. The van der Waals surface area contributed by atoms with Crippen molar-refractivity contribution in [2.24, 2.45) is 9.98 Å². The summed E-state index contributed by atoms with van der Waals surface area (Å²) < 4.78 is 11.0. The van der Waals surface area contributed by atoms with E-state index >= 15 is 0 Å². The predicted octanol–water partition coefficient (Wildman–Crippen LogP) is 5.35. The second-order valence-electron chi connectivity index (χ2n) is 8.09. The molecule has 0 bridgehead atoms. The lowest BCUT2D eigenvalue weighted by Crippen LogP contribution is -2.44. The van der Waals surface area contributed by atoms with Crippen molar-refractivity contribution in [2.45, 2.75) is 12.5 Å². The molecule has 0 saturated carbocycles. The average Bonchev–Trinajstić information content (AvgIpc) is 3.23. The first-order chi connectivity index (χ1) is 17.2. The van der Waals surface area contributed by atoms with Crippen molar-refractivity contribution in [3.63, 3.8) is 0 Å². The molecule has 0 fully saturated rings. The number of ether oxygens (including phenoxy) is 2. The number of rotatable bonds is 7. The summed E-state index contributed by atoms with van der Waals surface area (Å²) in [7, 11) is 3.19. The van der Waals surface area contributed by atoms with Gasteiger partial charge in [-0.25, -0.2) is 4.99 Å². The minimum atomic E-state index is -0.446. The van der Waals surface area contributed by atoms with Gasteiger partial charge in [0.15, 0.2) is 16.7 Å². The highest BCUT2D eigenvalue weighted by Gasteiger charge is 2.42. The molecule has 3 aromatic carbocycles. The normalized spacial score (nSPS) is 16.6. The molecular formula is C28H25N3O3S. The van der Waals surface area contributed by atoms with Crippen LogP contribution in [0.1, 0.15) is 16.7 Å². The van der Waals surface area contributed by atoms with Gasteiger partial charge < -0.3 is 9.47 Å². The molecule has 0 N–H and O–H groups in total. The average molecular weight is 484 g/mol. The molecule has 35 heavy (non-hydrogen) atoms. The van der Waals surface area contributed by atoms with Crippen LogP contribution in [0.4, 0.5) is 5.69 Å². The van der Waals surface area contributed by atoms with Gasteiger partial charge in [0.25, 0.3) is 5.91 Å². The van der Waals surface area contributed by atoms with Gasteiger partial charge in [0.1, 0.15) is 11.9 Å². The lowest BCUT2D eigenvalue weighted by atomic mass is 10.0. The maximum Gasteiger partial charge on any atom is 0.271 e. The Morgan fingerprint density at radius 1 is 0.943 bits per heavy atom. The van der Waals surface area contributed by atoms with Gasteiger partial charge >= 0.3 is 0 Å². The van der Waals surface area contributed by atoms with Crippen LogP contribution in [-0.2, 0) is 11.2 Å². The third-order valence-corrected chi connectivity index (χ3v) is 6.80. The molecule has 2 aliphatic rings. The molecule has 5 rings (SSSR count). The Morgan fingerprint density at radius 2 is 1.63 bits per heavy atom. The van der Waals surface area contributed by atoms with Gasteiger partial charge in [0.2, 0.25) is 0 Å². The Hall–Kier alpha value is -3.84. The Kier molecular flexibility index (Phi) is 6.68. The number of hydrogen-bond acceptors (Lipinski definition) is 6. The molecule has 0 aliphatic carbocycles. The molecule has 2 aliphatic heterocycles. The summed E-state index contributed by atoms with van der Waals surface area (Å²) in [5.74, 6) is 2.30. The summed E-state index contributed by atoms with van der Waals surface area (Å²) >= 11 is 1.58. The largest absolute Gasteiger partial charge is 0.493 e. The number of hydrogen-bond donors (Lipinski definition) is 0. The van der Waals surface area contributed by atoms with E-state index in [0.29, 0.717) is 35.2 Å². The van der Waals surface area contributed by atoms with Crippen LogP contribution in [0.25, 0.3) is 6.08 Å². The van der Waals surface area contributed by atoms with Gasteiger partial charge in [-0.2, -0.15) is 4.99 Å². The molecule has 2 heterocycles. The van der Waals surface area contributed by atoms with E-state index in [9.17, 15) is 4.79 Å². The number of thioether (sulfide) groups is 1. The molecule has 0 saturated heterocycles. The van der Waals surface area contributed by atoms with Gasteiger partial charge in [-0.05, 0) is 17.2 Å². The van der Waals surface area contributed by atoms with Crippen molar-refractivity contribution >= 4 is 40.4 Å². The van der Waals surface area contributed by atoms with E-state index in [4.69, 9.17) is 14.5 Å². The zero-order valence-electron chi connectivity index (χ0n) is 19.5. The zero-order valence-corrected chi connectivity index (χ0v) is 20.4. The van der Waals surface area contributed by atoms with Crippen LogP contribution in [-0.4, -0.2) is 47.8 Å². The highest BCUT2D eigenvalue weighted by Crippen LogP contribution is 2.41. The number of nitrogens with zero attached hydrogens (tertiary/aromatic N) is 3. The fourth-order valence-electron chi connectivity index (χ4n) is 4.19. The molecule has 0 aromatic heterocycles. The molecule has 7 heteroatoms. The van der Waals surface area contributed by atoms with Crippen LogP contribution >= 0.6 is 11.8 Å². The number of fused-ring (bicyclic) bond motifs is 3. The van der Waals surface area contributed by atoms with Gasteiger partial charge in [-0.1, -0.05) is 84.6 Å². The summed E-state index contributed by atoms with van der Waals surface area (Å²) in [4.78, 5) is 24.5. The summed E-state index contributed by atoms with van der Waals surface area (Å²) in [5.41, 5.74) is 3.69. The van der Waals surface area contributed by atoms with Crippen molar-refractivity contribution < 1.29 is 14.3 Å². The van der Waals surface area contributed by atoms with E-state index in [0.717, 1.165) is 21.9 Å². The third kappa shape index (κ3) is 4.72. The molecule has 0 radical (unpaired) electrons. The quantitative estimate of drug-likeness (QED) is 0.453. The van der Waals surface area contributed by atoms with Crippen LogP contribution in [0, 0.1) is 0 Å². The van der Waals surface area contributed by atoms with E-state index in [1.54, 1.807) is 26.0 Å². The Bertz CT molecular complexity index is 1320. The molecule has 176 valence electrons. The fraction of sp³-hybridized carbons (Fsp3) is 0.179. The maximum atomic E-state index is 13.1. The molecule has 1 atom stereocenters. The van der Waals surface area contributed by atoms with Gasteiger partial charge in [0.05, 0.1) is 19.9 Å². The number of benzene rings is 3. The monoisotopic (exact) mass is 483 g/mol. The standard InChI is InChI=1S/C28H25N3O3S/c1-33-24-17-21-22(18-25(24)34-2)29-28(35-15-9-14-19-10-5-3-6-11-19)31-23(27(32)30-26(21)31)16-20-12-7-4-8-13-20/h3-14,17-18,23H,15-16H2,1-2H3/b14-9+/t23-/m0/s1. The van der Waals surface area contributed by atoms with Crippen molar-refractivity contribution in [3.05, 3.63) is 95.6 Å². The van der Waals surface area contributed by atoms with Gasteiger partial charge in [-0.3, -0.25) is 9.69 Å². The van der Waals surface area contributed by atoms with Crippen LogP contribution in [0.2, 0.25) is 0 Å². The van der Waals surface area contributed by atoms with E-state index in [2.05, 4.69) is 29.3 Å². The first-order valence-electron chi connectivity index (χ1n) is 11.3. The lowest BCUT2D eigenvalue weighted by Gasteiger charge is -2.31. The van der Waals surface area contributed by atoms with Crippen molar-refractivity contribution in [1.82, 2.24) is 4.90 Å².